The van der Waals surface area contributed by atoms with Gasteiger partial charge in [-0.15, -0.1) is 0 Å². The molecule has 1 amide bonds. The number of anilines is 1. The molecular formula is C19H24N4O. The Morgan fingerprint density at radius 3 is 2.79 bits per heavy atom. The van der Waals surface area contributed by atoms with Crippen LogP contribution in [0.2, 0.25) is 0 Å². The summed E-state index contributed by atoms with van der Waals surface area (Å²) in [5.74, 6) is 0.538. The molecule has 1 aromatic carbocycles. The van der Waals surface area contributed by atoms with E-state index in [2.05, 4.69) is 33.1 Å². The number of rotatable bonds is 6. The average molecular weight is 324 g/mol. The van der Waals surface area contributed by atoms with Gasteiger partial charge in [-0.1, -0.05) is 12.1 Å². The molecule has 1 fully saturated rings. The minimum atomic E-state index is -0.0312. The molecule has 1 atom stereocenters. The van der Waals surface area contributed by atoms with E-state index in [1.54, 1.807) is 12.4 Å². The van der Waals surface area contributed by atoms with Crippen LogP contribution in [-0.4, -0.2) is 37.1 Å². The summed E-state index contributed by atoms with van der Waals surface area (Å²) in [7, 11) is 0. The van der Waals surface area contributed by atoms with Crippen LogP contribution in [-0.2, 0) is 0 Å². The normalized spacial score (nSPS) is 17.2. The molecule has 0 bridgehead atoms. The minimum absolute atomic E-state index is 0.0312. The maximum atomic E-state index is 12.2. The molecule has 1 aromatic heterocycles. The number of amides is 1. The zero-order valence-electron chi connectivity index (χ0n) is 13.8. The number of aromatic nitrogens is 1. The third-order valence-corrected chi connectivity index (χ3v) is 4.34. The Bertz CT molecular complexity index is 636. The van der Waals surface area contributed by atoms with Crippen LogP contribution in [0.1, 0.15) is 34.7 Å². The Labute approximate surface area is 142 Å². The molecule has 3 rings (SSSR count). The Hall–Kier alpha value is -2.40. The molecular weight excluding hydrogens is 300 g/mol. The molecule has 0 aliphatic carbocycles. The third-order valence-electron chi connectivity index (χ3n) is 4.34. The molecule has 2 heterocycles. The summed E-state index contributed by atoms with van der Waals surface area (Å²) >= 11 is 0. The van der Waals surface area contributed by atoms with Gasteiger partial charge in [0.2, 0.25) is 0 Å². The van der Waals surface area contributed by atoms with Crippen molar-refractivity contribution in [3.05, 3.63) is 59.9 Å². The van der Waals surface area contributed by atoms with Gasteiger partial charge in [0.05, 0.1) is 5.69 Å². The summed E-state index contributed by atoms with van der Waals surface area (Å²) < 4.78 is 0. The molecule has 5 nitrogen and oxygen atoms in total. The van der Waals surface area contributed by atoms with E-state index >= 15 is 0 Å². The van der Waals surface area contributed by atoms with Crippen molar-refractivity contribution in [2.75, 3.05) is 31.5 Å². The van der Waals surface area contributed by atoms with Gasteiger partial charge < -0.3 is 16.0 Å². The highest BCUT2D eigenvalue weighted by atomic mass is 16.1. The topological polar surface area (TPSA) is 66.0 Å². The fraction of sp³-hybridized carbons (Fsp3) is 0.368. The van der Waals surface area contributed by atoms with Gasteiger partial charge >= 0.3 is 0 Å². The lowest BCUT2D eigenvalue weighted by atomic mass is 9.91. The van der Waals surface area contributed by atoms with Gasteiger partial charge in [-0.3, -0.25) is 9.78 Å². The number of carbonyl (C=O) groups is 1. The first-order valence-electron chi connectivity index (χ1n) is 8.56. The Morgan fingerprint density at radius 2 is 2.08 bits per heavy atom. The number of pyridine rings is 1. The van der Waals surface area contributed by atoms with Gasteiger partial charge in [0.1, 0.15) is 0 Å². The number of nitrogens with one attached hydrogen (secondary N) is 3. The monoisotopic (exact) mass is 324 g/mol. The maximum absolute atomic E-state index is 12.2. The SMILES string of the molecule is O=C(NCCNc1cccnc1)c1ccc([C@H]2CCCNC2)cc1. The summed E-state index contributed by atoms with van der Waals surface area (Å²) in [6, 6.07) is 11.8. The summed E-state index contributed by atoms with van der Waals surface area (Å²) in [5.41, 5.74) is 2.98. The third kappa shape index (κ3) is 4.55. The van der Waals surface area contributed by atoms with Crippen LogP contribution < -0.4 is 16.0 Å². The van der Waals surface area contributed by atoms with Crippen LogP contribution >= 0.6 is 0 Å². The van der Waals surface area contributed by atoms with Crippen LogP contribution in [0.25, 0.3) is 0 Å². The zero-order chi connectivity index (χ0) is 16.6. The van der Waals surface area contributed by atoms with Gasteiger partial charge in [0, 0.05) is 37.6 Å². The van der Waals surface area contributed by atoms with E-state index in [9.17, 15) is 4.79 Å². The van der Waals surface area contributed by atoms with Crippen molar-refractivity contribution in [1.82, 2.24) is 15.6 Å². The van der Waals surface area contributed by atoms with Crippen LogP contribution in [0.5, 0.6) is 0 Å². The summed E-state index contributed by atoms with van der Waals surface area (Å²) in [5, 5.41) is 9.58. The number of piperidine rings is 1. The first-order chi connectivity index (χ1) is 11.8. The smallest absolute Gasteiger partial charge is 0.251 e. The van der Waals surface area contributed by atoms with E-state index in [1.807, 2.05) is 24.3 Å². The van der Waals surface area contributed by atoms with Crippen molar-refractivity contribution in [2.45, 2.75) is 18.8 Å². The lowest BCUT2D eigenvalue weighted by Gasteiger charge is -2.23. The largest absolute Gasteiger partial charge is 0.382 e. The Balaban J connectivity index is 1.44. The van der Waals surface area contributed by atoms with Crippen molar-refractivity contribution in [3.63, 3.8) is 0 Å². The van der Waals surface area contributed by atoms with Crippen molar-refractivity contribution in [2.24, 2.45) is 0 Å². The second-order valence-corrected chi connectivity index (χ2v) is 6.09. The molecule has 1 saturated heterocycles. The molecule has 1 aliphatic rings. The maximum Gasteiger partial charge on any atom is 0.251 e. The highest BCUT2D eigenvalue weighted by molar-refractivity contribution is 5.94. The standard InChI is InChI=1S/C19H24N4O/c24-19(23-12-11-22-18-4-2-10-21-14-18)16-7-5-15(6-8-16)17-3-1-9-20-13-17/h2,4-8,10,14,17,20,22H,1,3,9,11-13H2,(H,23,24)/t17-/m0/s1. The highest BCUT2D eigenvalue weighted by Gasteiger charge is 2.15. The van der Waals surface area contributed by atoms with E-state index in [0.717, 1.165) is 18.8 Å². The van der Waals surface area contributed by atoms with Crippen molar-refractivity contribution < 1.29 is 4.79 Å². The van der Waals surface area contributed by atoms with Gasteiger partial charge in [0.15, 0.2) is 0 Å². The minimum Gasteiger partial charge on any atom is -0.382 e. The zero-order valence-corrected chi connectivity index (χ0v) is 13.8. The van der Waals surface area contributed by atoms with Crippen LogP contribution in [0.3, 0.4) is 0 Å². The first-order valence-corrected chi connectivity index (χ1v) is 8.56. The van der Waals surface area contributed by atoms with E-state index in [0.29, 0.717) is 24.6 Å². The van der Waals surface area contributed by atoms with E-state index < -0.39 is 0 Å². The lowest BCUT2D eigenvalue weighted by Crippen LogP contribution is -2.29. The second kappa shape index (κ2) is 8.45. The highest BCUT2D eigenvalue weighted by Crippen LogP contribution is 2.23. The van der Waals surface area contributed by atoms with Crippen LogP contribution in [0.15, 0.2) is 48.8 Å². The molecule has 5 heteroatoms. The molecule has 126 valence electrons. The number of hydrogen-bond donors (Lipinski definition) is 3. The summed E-state index contributed by atoms with van der Waals surface area (Å²) in [6.45, 7) is 3.39. The van der Waals surface area contributed by atoms with E-state index in [4.69, 9.17) is 0 Å². The van der Waals surface area contributed by atoms with Gasteiger partial charge in [-0.25, -0.2) is 0 Å². The predicted molar refractivity (Wildman–Crippen MR) is 96.3 cm³/mol. The van der Waals surface area contributed by atoms with E-state index in [1.165, 1.54) is 18.4 Å². The van der Waals surface area contributed by atoms with Crippen molar-refractivity contribution in [1.29, 1.82) is 0 Å². The number of nitrogens with zero attached hydrogens (tertiary/aromatic N) is 1. The van der Waals surface area contributed by atoms with Gasteiger partial charge in [-0.05, 0) is 55.1 Å². The fourth-order valence-electron chi connectivity index (χ4n) is 3.00. The number of benzene rings is 1. The van der Waals surface area contributed by atoms with Gasteiger partial charge in [0.25, 0.3) is 5.91 Å². The van der Waals surface area contributed by atoms with Crippen molar-refractivity contribution in [3.8, 4) is 0 Å². The van der Waals surface area contributed by atoms with Gasteiger partial charge in [-0.2, -0.15) is 0 Å². The summed E-state index contributed by atoms with van der Waals surface area (Å²) in [6.07, 6.45) is 5.94. The lowest BCUT2D eigenvalue weighted by molar-refractivity contribution is 0.0955. The fourth-order valence-corrected chi connectivity index (χ4v) is 3.00. The Kier molecular flexibility index (Phi) is 5.80. The van der Waals surface area contributed by atoms with Crippen LogP contribution in [0, 0.1) is 0 Å². The Morgan fingerprint density at radius 1 is 1.21 bits per heavy atom. The molecule has 0 unspecified atom stereocenters. The van der Waals surface area contributed by atoms with Crippen molar-refractivity contribution >= 4 is 11.6 Å². The number of hydrogen-bond acceptors (Lipinski definition) is 4. The molecule has 0 saturated carbocycles. The van der Waals surface area contributed by atoms with Crippen LogP contribution in [0.4, 0.5) is 5.69 Å². The van der Waals surface area contributed by atoms with E-state index in [-0.39, 0.29) is 5.91 Å². The molecule has 0 radical (unpaired) electrons. The molecule has 0 spiro atoms. The molecule has 1 aliphatic heterocycles. The first kappa shape index (κ1) is 16.5. The quantitative estimate of drug-likeness (QED) is 0.714. The average Bonchev–Trinajstić information content (AvgIpc) is 2.67. The molecule has 3 N–H and O–H groups in total. The predicted octanol–water partition coefficient (Wildman–Crippen LogP) is 2.39. The molecule has 2 aromatic rings. The summed E-state index contributed by atoms with van der Waals surface area (Å²) in [4.78, 5) is 16.2. The second-order valence-electron chi connectivity index (χ2n) is 6.09. The molecule has 24 heavy (non-hydrogen) atoms. The number of carbonyl (C=O) groups excluding carboxylic acids is 1.